The molecule has 0 aromatic carbocycles. The highest BCUT2D eigenvalue weighted by Crippen LogP contribution is 2.44. The molecule has 0 bridgehead atoms. The van der Waals surface area contributed by atoms with Gasteiger partial charge in [-0.05, 0) is 12.8 Å². The Kier molecular flexibility index (Phi) is 6.34. The second-order valence-corrected chi connectivity index (χ2v) is 4.20. The fourth-order valence-corrected chi connectivity index (χ4v) is 1.95. The fraction of sp³-hybridized carbons (Fsp3) is 1.00. The Balaban J connectivity index is 4.77. The van der Waals surface area contributed by atoms with Gasteiger partial charge in [-0.15, -0.1) is 0 Å². The molecule has 0 aliphatic carbocycles. The van der Waals surface area contributed by atoms with Gasteiger partial charge in [0.15, 0.2) is 0 Å². The second kappa shape index (κ2) is 6.50. The summed E-state index contributed by atoms with van der Waals surface area (Å²) in [6.07, 6.45) is -9.11. The van der Waals surface area contributed by atoms with Crippen molar-refractivity contribution >= 4 is 0 Å². The third-order valence-corrected chi connectivity index (χ3v) is 2.89. The van der Waals surface area contributed by atoms with Crippen LogP contribution in [0.2, 0.25) is 0 Å². The van der Waals surface area contributed by atoms with Crippen LogP contribution < -0.4 is 0 Å². The number of hydrogen-bond acceptors (Lipinski definition) is 0. The lowest BCUT2D eigenvalue weighted by molar-refractivity contribution is -0.256. The smallest absolute Gasteiger partial charge is 0.171 e. The van der Waals surface area contributed by atoms with Crippen LogP contribution in [0, 0.1) is 11.8 Å². The van der Waals surface area contributed by atoms with Crippen molar-refractivity contribution in [2.24, 2.45) is 11.8 Å². The van der Waals surface area contributed by atoms with Crippen molar-refractivity contribution < 1.29 is 26.3 Å². The zero-order valence-corrected chi connectivity index (χ0v) is 9.96. The lowest BCUT2D eigenvalue weighted by atomic mass is 9.84. The Labute approximate surface area is 97.4 Å². The Bertz CT molecular complexity index is 205. The van der Waals surface area contributed by atoms with E-state index in [0.717, 1.165) is 6.92 Å². The van der Waals surface area contributed by atoms with Gasteiger partial charge in [-0.2, -0.15) is 26.3 Å². The molecule has 0 nitrogen and oxygen atoms in total. The molecule has 0 aliphatic rings. The molecule has 2 atom stereocenters. The van der Waals surface area contributed by atoms with Crippen LogP contribution in [-0.2, 0) is 0 Å². The maximum absolute atomic E-state index is 12.6. The summed E-state index contributed by atoms with van der Waals surface area (Å²) in [6.45, 7) is 2.94. The summed E-state index contributed by atoms with van der Waals surface area (Å²) in [5.74, 6) is -4.54. The molecular formula is C11H18F6. The predicted molar refractivity (Wildman–Crippen MR) is 53.5 cm³/mol. The minimum absolute atomic E-state index is 0.188. The van der Waals surface area contributed by atoms with E-state index < -0.39 is 37.0 Å². The first kappa shape index (κ1) is 16.6. The molecular weight excluding hydrogens is 246 g/mol. The molecule has 17 heavy (non-hydrogen) atoms. The van der Waals surface area contributed by atoms with Gasteiger partial charge in [0.2, 0.25) is 0 Å². The highest BCUT2D eigenvalue weighted by Gasteiger charge is 2.53. The minimum atomic E-state index is -4.78. The van der Waals surface area contributed by atoms with Gasteiger partial charge in [-0.1, -0.05) is 33.1 Å². The molecule has 0 amide bonds. The molecule has 0 aromatic rings. The average molecular weight is 264 g/mol. The Morgan fingerprint density at radius 3 is 1.53 bits per heavy atom. The standard InChI is InChI=1S/C11H18F6/c1-3-5-6-7-9(11(15,16)17)8(4-2)10(12,13)14/h8-9H,3-7H2,1-2H3. The molecule has 0 aliphatic heterocycles. The van der Waals surface area contributed by atoms with E-state index in [1.165, 1.54) is 0 Å². The van der Waals surface area contributed by atoms with Gasteiger partial charge in [0, 0.05) is 0 Å². The molecule has 2 unspecified atom stereocenters. The highest BCUT2D eigenvalue weighted by molar-refractivity contribution is 4.80. The molecule has 0 heterocycles. The average Bonchev–Trinajstić information content (AvgIpc) is 2.13. The maximum Gasteiger partial charge on any atom is 0.392 e. The molecule has 0 aromatic heterocycles. The van der Waals surface area contributed by atoms with Gasteiger partial charge < -0.3 is 0 Å². The van der Waals surface area contributed by atoms with Crippen LogP contribution in [0.15, 0.2) is 0 Å². The summed E-state index contributed by atoms with van der Waals surface area (Å²) < 4.78 is 75.4. The number of halogens is 6. The SMILES string of the molecule is CCCCCC(C(CC)C(F)(F)F)C(F)(F)F. The Hall–Kier alpha value is -0.420. The normalized spacial score (nSPS) is 16.9. The van der Waals surface area contributed by atoms with Gasteiger partial charge in [0.05, 0.1) is 11.8 Å². The molecule has 0 radical (unpaired) electrons. The lowest BCUT2D eigenvalue weighted by Crippen LogP contribution is -2.38. The molecule has 6 heteroatoms. The van der Waals surface area contributed by atoms with Crippen LogP contribution in [0.5, 0.6) is 0 Å². The molecule has 104 valence electrons. The van der Waals surface area contributed by atoms with E-state index in [1.807, 2.05) is 0 Å². The summed E-state index contributed by atoms with van der Waals surface area (Å²) in [5, 5.41) is 0. The maximum atomic E-state index is 12.6. The van der Waals surface area contributed by atoms with Crippen molar-refractivity contribution in [2.45, 2.75) is 58.3 Å². The van der Waals surface area contributed by atoms with Crippen molar-refractivity contribution in [2.75, 3.05) is 0 Å². The van der Waals surface area contributed by atoms with Crippen LogP contribution in [-0.4, -0.2) is 12.4 Å². The summed E-state index contributed by atoms with van der Waals surface area (Å²) >= 11 is 0. The number of hydrogen-bond donors (Lipinski definition) is 0. The first-order valence-corrected chi connectivity index (χ1v) is 5.78. The van der Waals surface area contributed by atoms with Gasteiger partial charge >= 0.3 is 12.4 Å². The van der Waals surface area contributed by atoms with E-state index in [-0.39, 0.29) is 6.42 Å². The molecule has 0 fully saturated rings. The molecule has 0 saturated carbocycles. The van der Waals surface area contributed by atoms with E-state index in [2.05, 4.69) is 0 Å². The Morgan fingerprint density at radius 1 is 0.765 bits per heavy atom. The largest absolute Gasteiger partial charge is 0.392 e. The zero-order chi connectivity index (χ0) is 13.7. The van der Waals surface area contributed by atoms with E-state index >= 15 is 0 Å². The van der Waals surface area contributed by atoms with Crippen molar-refractivity contribution in [1.82, 2.24) is 0 Å². The fourth-order valence-electron chi connectivity index (χ4n) is 1.95. The lowest BCUT2D eigenvalue weighted by Gasteiger charge is -2.30. The molecule has 0 rings (SSSR count). The quantitative estimate of drug-likeness (QED) is 0.449. The van der Waals surface area contributed by atoms with Crippen molar-refractivity contribution in [3.05, 3.63) is 0 Å². The Morgan fingerprint density at radius 2 is 1.24 bits per heavy atom. The summed E-state index contributed by atoms with van der Waals surface area (Å²) in [7, 11) is 0. The third kappa shape index (κ3) is 5.64. The van der Waals surface area contributed by atoms with Crippen LogP contribution in [0.1, 0.15) is 46.0 Å². The van der Waals surface area contributed by atoms with Gasteiger partial charge in [0.1, 0.15) is 0 Å². The van der Waals surface area contributed by atoms with Gasteiger partial charge in [0.25, 0.3) is 0 Å². The molecule has 0 N–H and O–H groups in total. The van der Waals surface area contributed by atoms with E-state index in [9.17, 15) is 26.3 Å². The van der Waals surface area contributed by atoms with Gasteiger partial charge in [-0.25, -0.2) is 0 Å². The topological polar surface area (TPSA) is 0 Å². The number of rotatable bonds is 6. The van der Waals surface area contributed by atoms with Crippen molar-refractivity contribution in [3.63, 3.8) is 0 Å². The van der Waals surface area contributed by atoms with E-state index in [4.69, 9.17) is 0 Å². The summed E-state index contributed by atoms with van der Waals surface area (Å²) in [5.41, 5.74) is 0. The molecule has 0 spiro atoms. The van der Waals surface area contributed by atoms with Crippen molar-refractivity contribution in [3.8, 4) is 0 Å². The van der Waals surface area contributed by atoms with E-state index in [1.54, 1.807) is 6.92 Å². The van der Waals surface area contributed by atoms with Crippen LogP contribution in [0.3, 0.4) is 0 Å². The van der Waals surface area contributed by atoms with Gasteiger partial charge in [-0.3, -0.25) is 0 Å². The zero-order valence-electron chi connectivity index (χ0n) is 9.96. The first-order valence-electron chi connectivity index (χ1n) is 5.78. The third-order valence-electron chi connectivity index (χ3n) is 2.89. The predicted octanol–water partition coefficient (Wildman–Crippen LogP) is 5.33. The van der Waals surface area contributed by atoms with Crippen LogP contribution in [0.4, 0.5) is 26.3 Å². The van der Waals surface area contributed by atoms with Crippen LogP contribution >= 0.6 is 0 Å². The van der Waals surface area contributed by atoms with E-state index in [0.29, 0.717) is 12.8 Å². The second-order valence-electron chi connectivity index (χ2n) is 4.20. The highest BCUT2D eigenvalue weighted by atomic mass is 19.4. The summed E-state index contributed by atoms with van der Waals surface area (Å²) in [6, 6.07) is 0. The van der Waals surface area contributed by atoms with Crippen molar-refractivity contribution in [1.29, 1.82) is 0 Å². The summed E-state index contributed by atoms with van der Waals surface area (Å²) in [4.78, 5) is 0. The minimum Gasteiger partial charge on any atom is -0.171 e. The molecule has 0 saturated heterocycles. The number of unbranched alkanes of at least 4 members (excludes halogenated alkanes) is 2. The first-order chi connectivity index (χ1) is 7.64. The van der Waals surface area contributed by atoms with Crippen LogP contribution in [0.25, 0.3) is 0 Å². The monoisotopic (exact) mass is 264 g/mol. The number of alkyl halides is 6.